The number of pyridine rings is 1. The summed E-state index contributed by atoms with van der Waals surface area (Å²) < 4.78 is 76.2. The maximum atomic E-state index is 13.9. The number of amides is 2. The zero-order chi connectivity index (χ0) is 24.6. The van der Waals surface area contributed by atoms with Crippen LogP contribution in [0.2, 0.25) is 0 Å². The number of aromatic nitrogens is 3. The molecule has 9 nitrogen and oxygen atoms in total. The number of methoxy groups -OCH3 is 1. The molecule has 0 saturated carbocycles. The van der Waals surface area contributed by atoms with E-state index in [2.05, 4.69) is 20.3 Å². The number of ether oxygens (including phenoxy) is 2. The third-order valence-corrected chi connectivity index (χ3v) is 5.29. The quantitative estimate of drug-likeness (QED) is 0.500. The van der Waals surface area contributed by atoms with Crippen LogP contribution in [-0.2, 0) is 9.47 Å². The van der Waals surface area contributed by atoms with Crippen LogP contribution >= 0.6 is 0 Å². The number of fused-ring (bicyclic) bond motifs is 1. The number of halogens is 5. The van der Waals surface area contributed by atoms with Gasteiger partial charge in [0.05, 0.1) is 49.1 Å². The first-order chi connectivity index (χ1) is 15.3. The molecule has 0 spiro atoms. The van der Waals surface area contributed by atoms with Crippen LogP contribution in [0, 0.1) is 0 Å². The van der Waals surface area contributed by atoms with Crippen molar-refractivity contribution in [3.63, 3.8) is 0 Å². The third-order valence-electron chi connectivity index (χ3n) is 5.29. The Morgan fingerprint density at radius 3 is 2.61 bits per heavy atom. The van der Waals surface area contributed by atoms with Crippen molar-refractivity contribution in [1.29, 1.82) is 0 Å². The fourth-order valence-electron chi connectivity index (χ4n) is 3.40. The van der Waals surface area contributed by atoms with Crippen molar-refractivity contribution >= 4 is 17.2 Å². The fraction of sp³-hybridized carbons (Fsp3) is 0.632. The number of alkyl halides is 5. The Hall–Kier alpha value is -2.58. The molecule has 33 heavy (non-hydrogen) atoms. The number of carbonyl (C=O) groups is 1. The van der Waals surface area contributed by atoms with Gasteiger partial charge in [0.1, 0.15) is 5.82 Å². The van der Waals surface area contributed by atoms with Crippen LogP contribution in [0.25, 0.3) is 11.2 Å². The van der Waals surface area contributed by atoms with E-state index < -0.39 is 55.5 Å². The highest BCUT2D eigenvalue weighted by atomic mass is 19.4. The van der Waals surface area contributed by atoms with Crippen molar-refractivity contribution in [2.24, 2.45) is 5.73 Å². The monoisotopic (exact) mass is 480 g/mol. The number of nitrogens with two attached hydrogens (primary N) is 1. The maximum absolute atomic E-state index is 13.9. The number of imidazole rings is 1. The number of hydrogen-bond acceptors (Lipinski definition) is 6. The Kier molecular flexibility index (Phi) is 7.10. The predicted molar refractivity (Wildman–Crippen MR) is 107 cm³/mol. The Balaban J connectivity index is 1.85. The van der Waals surface area contributed by atoms with Crippen LogP contribution in [0.4, 0.5) is 26.7 Å². The molecule has 1 fully saturated rings. The molecule has 0 aromatic carbocycles. The van der Waals surface area contributed by atoms with E-state index in [1.807, 2.05) is 0 Å². The van der Waals surface area contributed by atoms with E-state index in [1.165, 1.54) is 20.1 Å². The van der Waals surface area contributed by atoms with E-state index in [0.717, 1.165) is 11.8 Å². The second-order valence-corrected chi connectivity index (χ2v) is 7.89. The number of H-pyrrole nitrogens is 1. The highest BCUT2D eigenvalue weighted by Gasteiger charge is 2.42. The van der Waals surface area contributed by atoms with E-state index in [9.17, 15) is 26.7 Å². The largest absolute Gasteiger partial charge is 0.414 e. The molecule has 4 N–H and O–H groups in total. The summed E-state index contributed by atoms with van der Waals surface area (Å²) in [7, 11) is 1.36. The molecule has 2 aromatic heterocycles. The van der Waals surface area contributed by atoms with E-state index >= 15 is 0 Å². The minimum absolute atomic E-state index is 0.0982. The first kappa shape index (κ1) is 25.1. The van der Waals surface area contributed by atoms with Gasteiger partial charge in [-0.2, -0.15) is 13.2 Å². The third kappa shape index (κ3) is 5.68. The topological polar surface area (TPSA) is 118 Å². The van der Waals surface area contributed by atoms with Crippen LogP contribution in [-0.4, -0.2) is 77.0 Å². The van der Waals surface area contributed by atoms with Gasteiger partial charge in [-0.25, -0.2) is 23.5 Å². The molecule has 2 amide bonds. The van der Waals surface area contributed by atoms with Gasteiger partial charge in [0.15, 0.2) is 11.8 Å². The molecule has 14 heteroatoms. The van der Waals surface area contributed by atoms with Crippen molar-refractivity contribution in [1.82, 2.24) is 25.2 Å². The van der Waals surface area contributed by atoms with Gasteiger partial charge in [0.2, 0.25) is 0 Å². The van der Waals surface area contributed by atoms with Crippen molar-refractivity contribution in [2.45, 2.75) is 50.2 Å². The van der Waals surface area contributed by atoms with Gasteiger partial charge in [-0.3, -0.25) is 0 Å². The normalized spacial score (nSPS) is 20.4. The number of aromatic amines is 1. The number of carbonyl (C=O) groups excluding carboxylic acids is 1. The molecular weight excluding hydrogens is 455 g/mol. The summed E-state index contributed by atoms with van der Waals surface area (Å²) in [5.41, 5.74) is 6.85. The summed E-state index contributed by atoms with van der Waals surface area (Å²) in [6.45, 7) is 0.603. The first-order valence-corrected chi connectivity index (χ1v) is 10.1. The summed E-state index contributed by atoms with van der Waals surface area (Å²) >= 11 is 0. The molecule has 0 bridgehead atoms. The molecule has 2 aromatic rings. The molecule has 3 rings (SSSR count). The van der Waals surface area contributed by atoms with Gasteiger partial charge in [0, 0.05) is 7.11 Å². The maximum Gasteiger partial charge on any atom is 0.414 e. The van der Waals surface area contributed by atoms with E-state index in [-0.39, 0.29) is 23.8 Å². The fourth-order valence-corrected chi connectivity index (χ4v) is 3.40. The molecule has 3 heterocycles. The lowest BCUT2D eigenvalue weighted by molar-refractivity contribution is -0.227. The van der Waals surface area contributed by atoms with Crippen LogP contribution in [0.1, 0.15) is 37.4 Å². The zero-order valence-electron chi connectivity index (χ0n) is 18.1. The lowest BCUT2D eigenvalue weighted by atomic mass is 10.1. The summed E-state index contributed by atoms with van der Waals surface area (Å²) in [6, 6.07) is 0.459. The number of rotatable bonds is 8. The Labute approximate surface area is 185 Å². The molecule has 184 valence electrons. The lowest BCUT2D eigenvalue weighted by Gasteiger charge is -2.37. The van der Waals surface area contributed by atoms with E-state index in [1.54, 1.807) is 6.07 Å². The molecule has 1 aliphatic heterocycles. The smallest absolute Gasteiger partial charge is 0.382 e. The van der Waals surface area contributed by atoms with Crippen LogP contribution in [0.15, 0.2) is 12.1 Å². The highest BCUT2D eigenvalue weighted by Crippen LogP contribution is 2.29. The van der Waals surface area contributed by atoms with Gasteiger partial charge in [-0.05, 0) is 26.0 Å². The van der Waals surface area contributed by atoms with Gasteiger partial charge in [-0.1, -0.05) is 0 Å². The molecule has 0 radical (unpaired) electrons. The Bertz CT molecular complexity index is 984. The minimum Gasteiger partial charge on any atom is -0.382 e. The average Bonchev–Trinajstić information content (AvgIpc) is 3.15. The van der Waals surface area contributed by atoms with Crippen molar-refractivity contribution in [3.05, 3.63) is 23.7 Å². The lowest BCUT2D eigenvalue weighted by Crippen LogP contribution is -2.58. The molecular formula is C19H25F5N6O3. The van der Waals surface area contributed by atoms with E-state index in [0.29, 0.717) is 5.52 Å². The number of urea groups is 1. The first-order valence-electron chi connectivity index (χ1n) is 10.1. The predicted octanol–water partition coefficient (Wildman–Crippen LogP) is 2.66. The number of hydrogen-bond donors (Lipinski definition) is 3. The minimum atomic E-state index is -4.54. The van der Waals surface area contributed by atoms with Gasteiger partial charge >= 0.3 is 12.2 Å². The van der Waals surface area contributed by atoms with Crippen molar-refractivity contribution < 1.29 is 36.2 Å². The zero-order valence-corrected chi connectivity index (χ0v) is 18.1. The number of nitrogens with zero attached hydrogens (tertiary/aromatic N) is 3. The summed E-state index contributed by atoms with van der Waals surface area (Å²) in [5.74, 6) is -2.98. The van der Waals surface area contributed by atoms with Crippen LogP contribution in [0.3, 0.4) is 0 Å². The summed E-state index contributed by atoms with van der Waals surface area (Å²) in [6.07, 6.45) is -7.58. The van der Waals surface area contributed by atoms with Gasteiger partial charge < -0.3 is 30.4 Å². The highest BCUT2D eigenvalue weighted by molar-refractivity contribution is 5.76. The molecule has 1 saturated heterocycles. The van der Waals surface area contributed by atoms with Crippen LogP contribution < -0.4 is 11.1 Å². The second kappa shape index (κ2) is 9.35. The van der Waals surface area contributed by atoms with Crippen molar-refractivity contribution in [2.75, 3.05) is 26.8 Å². The Morgan fingerprint density at radius 2 is 1.97 bits per heavy atom. The SMILES string of the molecule is COC[C@H](c1ccc2[nH]c([C@@H](N)[C@@H](C)O[C@H](C)C(F)(F)F)nc2n1)N1CC(F)(F)CNC1=O. The van der Waals surface area contributed by atoms with Crippen molar-refractivity contribution in [3.8, 4) is 0 Å². The average molecular weight is 480 g/mol. The summed E-state index contributed by atoms with van der Waals surface area (Å²) in [4.78, 5) is 24.6. The van der Waals surface area contributed by atoms with Gasteiger partial charge in [-0.15, -0.1) is 0 Å². The Morgan fingerprint density at radius 1 is 1.27 bits per heavy atom. The molecule has 1 aliphatic rings. The number of nitrogens with one attached hydrogen (secondary N) is 2. The van der Waals surface area contributed by atoms with E-state index in [4.69, 9.17) is 15.2 Å². The van der Waals surface area contributed by atoms with Gasteiger partial charge in [0.25, 0.3) is 5.92 Å². The standard InChI is InChI=1S/C19H25F5N6O3/c1-9(33-10(2)19(22,23)24)14(25)16-28-12-5-4-11(27-15(12)29-16)13(6-32-3)30-8-18(20,21)7-26-17(30)31/h4-5,9-10,13-14H,6-8,25H2,1-3H3,(H,26,31)(H,27,28,29)/t9-,10-,13-,14+/m1/s1. The summed E-state index contributed by atoms with van der Waals surface area (Å²) in [5, 5.41) is 2.15. The molecule has 0 unspecified atom stereocenters. The molecule has 4 atom stereocenters. The second-order valence-electron chi connectivity index (χ2n) is 7.89. The molecule has 0 aliphatic carbocycles. The van der Waals surface area contributed by atoms with Crippen LogP contribution in [0.5, 0.6) is 0 Å².